The number of pyridine rings is 1. The highest BCUT2D eigenvalue weighted by Gasteiger charge is 2.19. The van der Waals surface area contributed by atoms with Crippen LogP contribution in [0.2, 0.25) is 10.0 Å². The lowest BCUT2D eigenvalue weighted by Crippen LogP contribution is -2.35. The molecule has 34 heavy (non-hydrogen) atoms. The summed E-state index contributed by atoms with van der Waals surface area (Å²) in [6.07, 6.45) is 4.21. The molecule has 1 aromatic carbocycles. The normalized spacial score (nSPS) is 11.8. The number of nitrogens with two attached hydrogens (primary N) is 1. The highest BCUT2D eigenvalue weighted by Crippen LogP contribution is 2.33. The number of nitrogen functional groups attached to an aromatic ring is 1. The Hall–Kier alpha value is -3.34. The molecule has 0 aliphatic rings. The first kappa shape index (κ1) is 25.3. The van der Waals surface area contributed by atoms with Crippen LogP contribution in [0, 0.1) is 10.1 Å². The average Bonchev–Trinajstić information content (AvgIpc) is 3.20. The Morgan fingerprint density at radius 1 is 1.26 bits per heavy atom. The van der Waals surface area contributed by atoms with Crippen LogP contribution in [-0.4, -0.2) is 44.7 Å². The molecule has 12 heteroatoms. The predicted molar refractivity (Wildman–Crippen MR) is 132 cm³/mol. The van der Waals surface area contributed by atoms with Crippen molar-refractivity contribution in [2.45, 2.75) is 25.9 Å². The standard InChI is InChI=1S/C22H24Cl2N6O4/c1-13(12-31)27-22(32)17-11-29(10-16(17)15-4-3-14(23)9-18(15)24)8-2-7-26-20-6-5-19(30(33)34)21(25)28-20/h3-6,9-11,13,31H,2,7-8,12H2,1H3,(H,27,32)(H3,25,26,28)/t13-/m0/s1. The molecule has 10 nitrogen and oxygen atoms in total. The molecule has 2 aromatic heterocycles. The minimum Gasteiger partial charge on any atom is -0.394 e. The topological polar surface area (TPSA) is 148 Å². The highest BCUT2D eigenvalue weighted by molar-refractivity contribution is 6.36. The fraction of sp³-hybridized carbons (Fsp3) is 0.273. The van der Waals surface area contributed by atoms with E-state index in [-0.39, 0.29) is 24.0 Å². The molecular formula is C22H24Cl2N6O4. The van der Waals surface area contributed by atoms with E-state index in [2.05, 4.69) is 15.6 Å². The number of hydrogen-bond acceptors (Lipinski definition) is 7. The Balaban J connectivity index is 1.73. The second-order valence-corrected chi connectivity index (χ2v) is 8.49. The molecule has 2 heterocycles. The summed E-state index contributed by atoms with van der Waals surface area (Å²) in [5, 5.41) is 26.9. The summed E-state index contributed by atoms with van der Waals surface area (Å²) in [5.41, 5.74) is 7.10. The molecule has 0 saturated carbocycles. The second kappa shape index (κ2) is 11.2. The molecule has 0 bridgehead atoms. The van der Waals surface area contributed by atoms with Crippen molar-refractivity contribution in [3.05, 3.63) is 68.4 Å². The molecule has 5 N–H and O–H groups in total. The van der Waals surface area contributed by atoms with Crippen molar-refractivity contribution in [1.29, 1.82) is 0 Å². The van der Waals surface area contributed by atoms with Crippen molar-refractivity contribution in [1.82, 2.24) is 14.9 Å². The monoisotopic (exact) mass is 506 g/mol. The number of carbonyl (C=O) groups is 1. The van der Waals surface area contributed by atoms with Gasteiger partial charge >= 0.3 is 5.69 Å². The summed E-state index contributed by atoms with van der Waals surface area (Å²) in [4.78, 5) is 27.1. The fourth-order valence-electron chi connectivity index (χ4n) is 3.29. The second-order valence-electron chi connectivity index (χ2n) is 7.64. The van der Waals surface area contributed by atoms with E-state index in [1.165, 1.54) is 12.1 Å². The number of aliphatic hydroxyl groups excluding tert-OH is 1. The molecular weight excluding hydrogens is 483 g/mol. The molecule has 0 radical (unpaired) electrons. The summed E-state index contributed by atoms with van der Waals surface area (Å²) >= 11 is 12.4. The molecule has 3 rings (SSSR count). The first-order chi connectivity index (χ1) is 16.2. The number of carbonyl (C=O) groups excluding carboxylic acids is 1. The maximum Gasteiger partial charge on any atom is 0.311 e. The Morgan fingerprint density at radius 2 is 2.03 bits per heavy atom. The van der Waals surface area contributed by atoms with E-state index in [0.717, 1.165) is 0 Å². The number of nitrogens with one attached hydrogen (secondary N) is 2. The third kappa shape index (κ3) is 6.16. The van der Waals surface area contributed by atoms with Gasteiger partial charge in [0.25, 0.3) is 5.91 Å². The molecule has 3 aromatic rings. The van der Waals surface area contributed by atoms with Gasteiger partial charge in [-0.05, 0) is 31.5 Å². The summed E-state index contributed by atoms with van der Waals surface area (Å²) in [6.45, 7) is 2.60. The number of halogens is 2. The van der Waals surface area contributed by atoms with Crippen molar-refractivity contribution in [2.24, 2.45) is 0 Å². The van der Waals surface area contributed by atoms with Crippen LogP contribution in [0.3, 0.4) is 0 Å². The number of nitrogens with zero attached hydrogens (tertiary/aromatic N) is 3. The van der Waals surface area contributed by atoms with Gasteiger partial charge < -0.3 is 26.0 Å². The zero-order chi connectivity index (χ0) is 24.8. The molecule has 0 aliphatic heterocycles. The number of benzene rings is 1. The minimum absolute atomic E-state index is 0.155. The minimum atomic E-state index is -0.586. The molecule has 0 saturated heterocycles. The molecule has 0 aliphatic carbocycles. The van der Waals surface area contributed by atoms with Crippen LogP contribution in [0.4, 0.5) is 17.3 Å². The average molecular weight is 507 g/mol. The van der Waals surface area contributed by atoms with Crippen LogP contribution in [0.25, 0.3) is 11.1 Å². The molecule has 0 spiro atoms. The zero-order valence-corrected chi connectivity index (χ0v) is 19.8. The predicted octanol–water partition coefficient (Wildman–Crippen LogP) is 3.96. The molecule has 180 valence electrons. The van der Waals surface area contributed by atoms with Gasteiger partial charge in [0.15, 0.2) is 0 Å². The summed E-state index contributed by atoms with van der Waals surface area (Å²) in [5.74, 6) is -0.0510. The van der Waals surface area contributed by atoms with Gasteiger partial charge in [-0.15, -0.1) is 0 Å². The van der Waals surface area contributed by atoms with Gasteiger partial charge in [-0.25, -0.2) is 4.98 Å². The van der Waals surface area contributed by atoms with Crippen molar-refractivity contribution in [3.8, 4) is 11.1 Å². The largest absolute Gasteiger partial charge is 0.394 e. The Kier molecular flexibility index (Phi) is 8.32. The van der Waals surface area contributed by atoms with Gasteiger partial charge in [0.2, 0.25) is 5.82 Å². The number of aryl methyl sites for hydroxylation is 1. The summed E-state index contributed by atoms with van der Waals surface area (Å²) < 4.78 is 1.87. The highest BCUT2D eigenvalue weighted by atomic mass is 35.5. The van der Waals surface area contributed by atoms with Gasteiger partial charge in [-0.2, -0.15) is 0 Å². The Morgan fingerprint density at radius 3 is 2.68 bits per heavy atom. The van der Waals surface area contributed by atoms with E-state index < -0.39 is 11.0 Å². The van der Waals surface area contributed by atoms with Gasteiger partial charge in [-0.3, -0.25) is 14.9 Å². The van der Waals surface area contributed by atoms with E-state index >= 15 is 0 Å². The van der Waals surface area contributed by atoms with Crippen LogP contribution in [0.5, 0.6) is 0 Å². The van der Waals surface area contributed by atoms with Crippen LogP contribution in [0.15, 0.2) is 42.7 Å². The number of nitro groups is 1. The third-order valence-electron chi connectivity index (χ3n) is 5.00. The zero-order valence-electron chi connectivity index (χ0n) is 18.3. The van der Waals surface area contributed by atoms with E-state index in [1.807, 2.05) is 10.8 Å². The quantitative estimate of drug-likeness (QED) is 0.184. The first-order valence-electron chi connectivity index (χ1n) is 10.4. The number of rotatable bonds is 10. The first-order valence-corrected chi connectivity index (χ1v) is 11.2. The Bertz CT molecular complexity index is 1200. The summed E-state index contributed by atoms with van der Waals surface area (Å²) in [7, 11) is 0. The SMILES string of the molecule is C[C@@H](CO)NC(=O)c1cn(CCCNc2ccc([N+](=O)[O-])c(N)n2)cc1-c1ccc(Cl)cc1Cl. The van der Waals surface area contributed by atoms with E-state index in [1.54, 1.807) is 31.3 Å². The number of hydrogen-bond donors (Lipinski definition) is 4. The van der Waals surface area contributed by atoms with Gasteiger partial charge in [-0.1, -0.05) is 29.3 Å². The van der Waals surface area contributed by atoms with Gasteiger partial charge in [0.1, 0.15) is 5.82 Å². The van der Waals surface area contributed by atoms with Gasteiger partial charge in [0.05, 0.1) is 17.1 Å². The van der Waals surface area contributed by atoms with E-state index in [9.17, 15) is 20.0 Å². The van der Waals surface area contributed by atoms with Crippen molar-refractivity contribution < 1.29 is 14.8 Å². The smallest absolute Gasteiger partial charge is 0.311 e. The van der Waals surface area contributed by atoms with Crippen molar-refractivity contribution in [3.63, 3.8) is 0 Å². The fourth-order valence-corrected chi connectivity index (χ4v) is 3.80. The van der Waals surface area contributed by atoms with E-state index in [4.69, 9.17) is 28.9 Å². The van der Waals surface area contributed by atoms with Crippen LogP contribution in [0.1, 0.15) is 23.7 Å². The van der Waals surface area contributed by atoms with Crippen molar-refractivity contribution >= 4 is 46.4 Å². The number of anilines is 2. The molecule has 0 fully saturated rings. The maximum atomic E-state index is 12.8. The maximum absolute atomic E-state index is 12.8. The Labute approximate surface area is 205 Å². The lowest BCUT2D eigenvalue weighted by atomic mass is 10.0. The molecule has 1 atom stereocenters. The number of aromatic nitrogens is 2. The lowest BCUT2D eigenvalue weighted by Gasteiger charge is -2.11. The summed E-state index contributed by atoms with van der Waals surface area (Å²) in [6, 6.07) is 7.45. The third-order valence-corrected chi connectivity index (χ3v) is 5.54. The van der Waals surface area contributed by atoms with Crippen molar-refractivity contribution in [2.75, 3.05) is 24.2 Å². The molecule has 0 unspecified atom stereocenters. The lowest BCUT2D eigenvalue weighted by molar-refractivity contribution is -0.384. The number of amides is 1. The van der Waals surface area contributed by atoms with E-state index in [0.29, 0.717) is 52.1 Å². The van der Waals surface area contributed by atoms with Gasteiger partial charge in [0, 0.05) is 58.8 Å². The van der Waals surface area contributed by atoms with Crippen LogP contribution >= 0.6 is 23.2 Å². The van der Waals surface area contributed by atoms with Crippen LogP contribution in [-0.2, 0) is 6.54 Å². The van der Waals surface area contributed by atoms with Crippen LogP contribution < -0.4 is 16.4 Å². The molecule has 1 amide bonds. The number of aliphatic hydroxyl groups is 1.